The zero-order chi connectivity index (χ0) is 27.1. The average Bonchev–Trinajstić information content (AvgIpc) is 3.52. The molecule has 1 saturated heterocycles. The maximum absolute atomic E-state index is 12.4. The summed E-state index contributed by atoms with van der Waals surface area (Å²) in [6.07, 6.45) is 9.30. The van der Waals surface area contributed by atoms with Crippen molar-refractivity contribution in [2.45, 2.75) is 27.2 Å². The number of nitrogens with zero attached hydrogens (tertiary/aromatic N) is 7. The summed E-state index contributed by atoms with van der Waals surface area (Å²) in [4.78, 5) is 38.9. The van der Waals surface area contributed by atoms with Gasteiger partial charge in [-0.2, -0.15) is 5.10 Å². The van der Waals surface area contributed by atoms with E-state index >= 15 is 0 Å². The van der Waals surface area contributed by atoms with E-state index < -0.39 is 0 Å². The van der Waals surface area contributed by atoms with Crippen molar-refractivity contribution in [1.29, 1.82) is 0 Å². The number of anilines is 2. The largest absolute Gasteiger partial charge is 0.366 e. The second-order valence-electron chi connectivity index (χ2n) is 11.4. The van der Waals surface area contributed by atoms with Crippen molar-refractivity contribution in [2.75, 3.05) is 43.4 Å². The zero-order valence-corrected chi connectivity index (χ0v) is 22.6. The summed E-state index contributed by atoms with van der Waals surface area (Å²) in [7, 11) is 2.14. The van der Waals surface area contributed by atoms with Crippen LogP contribution in [0.4, 0.5) is 11.4 Å². The number of carbonyl (C=O) groups is 1. The molecule has 0 bridgehead atoms. The highest BCUT2D eigenvalue weighted by atomic mass is 16.1. The third-order valence-electron chi connectivity index (χ3n) is 6.91. The Morgan fingerprint density at radius 2 is 1.77 bits per heavy atom. The van der Waals surface area contributed by atoms with Crippen LogP contribution in [0.15, 0.2) is 43.1 Å². The van der Waals surface area contributed by atoms with Crippen molar-refractivity contribution in [3.05, 3.63) is 43.1 Å². The van der Waals surface area contributed by atoms with Gasteiger partial charge in [-0.3, -0.25) is 19.9 Å². The van der Waals surface area contributed by atoms with Gasteiger partial charge in [-0.25, -0.2) is 9.97 Å². The average molecular weight is 525 g/mol. The molecule has 39 heavy (non-hydrogen) atoms. The van der Waals surface area contributed by atoms with Gasteiger partial charge in [0, 0.05) is 56.1 Å². The molecule has 1 aliphatic heterocycles. The predicted molar refractivity (Wildman–Crippen MR) is 152 cm³/mol. The van der Waals surface area contributed by atoms with Crippen molar-refractivity contribution >= 4 is 39.3 Å². The number of aromatic nitrogens is 7. The Kier molecular flexibility index (Phi) is 6.22. The number of aromatic amines is 2. The molecule has 6 rings (SSSR count). The van der Waals surface area contributed by atoms with Crippen LogP contribution in [0.5, 0.6) is 0 Å². The fourth-order valence-corrected chi connectivity index (χ4v) is 4.91. The summed E-state index contributed by atoms with van der Waals surface area (Å²) in [5.74, 6) is 0.638. The summed E-state index contributed by atoms with van der Waals surface area (Å²) in [6.45, 7) is 9.99. The number of imidazole rings is 1. The standard InChI is InChI=1S/C28H32N10O/c1-28(2,3)11-23(39)32-19-9-17(12-29-14-19)18-10-20-24(35-36-26(20)31-13-18)27-33-21-15-30-16-22(25(21)34-27)38-7-5-37(4)6-8-38/h9-10,12-16H,5-8,11H2,1-4H3,(H,32,39)(H,33,34)(H,31,35,36). The molecule has 1 aliphatic rings. The third-order valence-corrected chi connectivity index (χ3v) is 6.91. The van der Waals surface area contributed by atoms with Crippen molar-refractivity contribution in [2.24, 2.45) is 5.41 Å². The van der Waals surface area contributed by atoms with Crippen molar-refractivity contribution in [1.82, 2.24) is 40.0 Å². The van der Waals surface area contributed by atoms with Crippen LogP contribution < -0.4 is 10.2 Å². The number of rotatable bonds is 5. The highest BCUT2D eigenvalue weighted by Gasteiger charge is 2.21. The molecule has 0 atom stereocenters. The smallest absolute Gasteiger partial charge is 0.224 e. The number of hydrogen-bond acceptors (Lipinski definition) is 8. The Morgan fingerprint density at radius 1 is 1.00 bits per heavy atom. The highest BCUT2D eigenvalue weighted by molar-refractivity contribution is 5.96. The number of pyridine rings is 3. The lowest BCUT2D eigenvalue weighted by molar-refractivity contribution is -0.117. The van der Waals surface area contributed by atoms with E-state index in [0.717, 1.165) is 65.1 Å². The quantitative estimate of drug-likeness (QED) is 0.313. The van der Waals surface area contributed by atoms with E-state index in [-0.39, 0.29) is 11.3 Å². The number of hydrogen-bond donors (Lipinski definition) is 3. The van der Waals surface area contributed by atoms with Crippen molar-refractivity contribution in [3.8, 4) is 22.6 Å². The molecule has 0 spiro atoms. The van der Waals surface area contributed by atoms with Gasteiger partial charge in [-0.1, -0.05) is 20.8 Å². The Balaban J connectivity index is 1.32. The first kappa shape index (κ1) is 24.9. The maximum Gasteiger partial charge on any atom is 0.224 e. The first-order chi connectivity index (χ1) is 18.7. The molecule has 0 saturated carbocycles. The topological polar surface area (TPSA) is 132 Å². The second kappa shape index (κ2) is 9.73. The fraction of sp³-hybridized carbons (Fsp3) is 0.357. The SMILES string of the molecule is CN1CCN(c2cncc3[nH]c(-c4[nH]nc5ncc(-c6cncc(NC(=O)CC(C)(C)C)c6)cc45)nc23)CC1. The molecule has 0 unspecified atom stereocenters. The number of likely N-dealkylation sites (N-methyl/N-ethyl adjacent to an activating group) is 1. The number of amides is 1. The first-order valence-corrected chi connectivity index (χ1v) is 13.1. The molecule has 6 heterocycles. The minimum absolute atomic E-state index is 0.0394. The van der Waals surface area contributed by atoms with Crippen molar-refractivity contribution in [3.63, 3.8) is 0 Å². The molecule has 1 fully saturated rings. The van der Waals surface area contributed by atoms with E-state index in [4.69, 9.17) is 4.98 Å². The molecule has 5 aromatic rings. The zero-order valence-electron chi connectivity index (χ0n) is 22.6. The monoisotopic (exact) mass is 524 g/mol. The first-order valence-electron chi connectivity index (χ1n) is 13.1. The van der Waals surface area contributed by atoms with Gasteiger partial charge >= 0.3 is 0 Å². The Bertz CT molecular complexity index is 1660. The van der Waals surface area contributed by atoms with Gasteiger partial charge < -0.3 is 20.1 Å². The predicted octanol–water partition coefficient (Wildman–Crippen LogP) is 4.08. The molecular weight excluding hydrogens is 492 g/mol. The van der Waals surface area contributed by atoms with E-state index in [1.807, 2.05) is 39.1 Å². The third kappa shape index (κ3) is 5.17. The molecule has 11 heteroatoms. The lowest BCUT2D eigenvalue weighted by Gasteiger charge is -2.33. The molecule has 1 amide bonds. The number of fused-ring (bicyclic) bond motifs is 2. The molecule has 200 valence electrons. The van der Waals surface area contributed by atoms with Gasteiger partial charge in [-0.15, -0.1) is 0 Å². The van der Waals surface area contributed by atoms with Crippen LogP contribution in [-0.2, 0) is 4.79 Å². The number of piperazine rings is 1. The summed E-state index contributed by atoms with van der Waals surface area (Å²) >= 11 is 0. The van der Waals surface area contributed by atoms with Crippen LogP contribution >= 0.6 is 0 Å². The molecule has 11 nitrogen and oxygen atoms in total. The Hall–Kier alpha value is -4.38. The second-order valence-corrected chi connectivity index (χ2v) is 11.4. The lowest BCUT2D eigenvalue weighted by atomic mass is 9.92. The van der Waals surface area contributed by atoms with Gasteiger partial charge in [0.2, 0.25) is 5.91 Å². The summed E-state index contributed by atoms with van der Waals surface area (Å²) in [5, 5.41) is 11.3. The number of H-pyrrole nitrogens is 2. The van der Waals surface area contributed by atoms with Gasteiger partial charge in [0.1, 0.15) is 11.2 Å². The Labute approximate surface area is 226 Å². The van der Waals surface area contributed by atoms with Gasteiger partial charge in [0.15, 0.2) is 11.5 Å². The van der Waals surface area contributed by atoms with E-state index in [0.29, 0.717) is 23.6 Å². The molecule has 5 aromatic heterocycles. The molecule has 3 N–H and O–H groups in total. The summed E-state index contributed by atoms with van der Waals surface area (Å²) in [5.41, 5.74) is 6.39. The van der Waals surface area contributed by atoms with E-state index in [9.17, 15) is 4.79 Å². The van der Waals surface area contributed by atoms with Gasteiger partial charge in [0.25, 0.3) is 0 Å². The van der Waals surface area contributed by atoms with Crippen LogP contribution in [0.2, 0.25) is 0 Å². The summed E-state index contributed by atoms with van der Waals surface area (Å²) in [6, 6.07) is 3.93. The lowest BCUT2D eigenvalue weighted by Crippen LogP contribution is -2.44. The minimum Gasteiger partial charge on any atom is -0.366 e. The molecular formula is C28H32N10O. The normalized spacial score (nSPS) is 14.8. The van der Waals surface area contributed by atoms with Crippen LogP contribution in [0.1, 0.15) is 27.2 Å². The highest BCUT2D eigenvalue weighted by Crippen LogP contribution is 2.32. The van der Waals surface area contributed by atoms with Gasteiger partial charge in [-0.05, 0) is 24.6 Å². The molecule has 0 aliphatic carbocycles. The number of nitrogens with one attached hydrogen (secondary N) is 3. The van der Waals surface area contributed by atoms with E-state index in [2.05, 4.69) is 52.3 Å². The van der Waals surface area contributed by atoms with Crippen LogP contribution in [0.3, 0.4) is 0 Å². The molecule has 0 aromatic carbocycles. The van der Waals surface area contributed by atoms with Crippen LogP contribution in [0.25, 0.3) is 44.7 Å². The van der Waals surface area contributed by atoms with Crippen LogP contribution in [0, 0.1) is 5.41 Å². The van der Waals surface area contributed by atoms with Crippen molar-refractivity contribution < 1.29 is 4.79 Å². The van der Waals surface area contributed by atoms with E-state index in [1.54, 1.807) is 24.8 Å². The molecule has 0 radical (unpaired) electrons. The fourth-order valence-electron chi connectivity index (χ4n) is 4.91. The van der Waals surface area contributed by atoms with E-state index in [1.165, 1.54) is 0 Å². The maximum atomic E-state index is 12.4. The van der Waals surface area contributed by atoms with Gasteiger partial charge in [0.05, 0.1) is 40.9 Å². The Morgan fingerprint density at radius 3 is 2.56 bits per heavy atom. The minimum atomic E-state index is -0.0975. The van der Waals surface area contributed by atoms with Crippen LogP contribution in [-0.4, -0.2) is 79.2 Å². The number of carbonyl (C=O) groups excluding carboxylic acids is 1. The summed E-state index contributed by atoms with van der Waals surface area (Å²) < 4.78 is 0.